The van der Waals surface area contributed by atoms with Gasteiger partial charge in [-0.2, -0.15) is 0 Å². The molecule has 0 amide bonds. The van der Waals surface area contributed by atoms with Crippen molar-refractivity contribution in [2.24, 2.45) is 0 Å². The molecule has 0 spiro atoms. The second kappa shape index (κ2) is 10.2. The number of carboxylic acid groups (broad SMARTS) is 1. The fourth-order valence-corrected chi connectivity index (χ4v) is 4.55. The van der Waals surface area contributed by atoms with Crippen LogP contribution in [0.3, 0.4) is 0 Å². The van der Waals surface area contributed by atoms with Crippen LogP contribution in [0.15, 0.2) is 47.2 Å². The van der Waals surface area contributed by atoms with E-state index in [0.29, 0.717) is 39.3 Å². The van der Waals surface area contributed by atoms with Gasteiger partial charge >= 0.3 is 5.97 Å². The van der Waals surface area contributed by atoms with Crippen LogP contribution in [0, 0.1) is 25.5 Å². The molecule has 200 valence electrons. The predicted molar refractivity (Wildman–Crippen MR) is 138 cm³/mol. The molecular weight excluding hydrogens is 510 g/mol. The van der Waals surface area contributed by atoms with Gasteiger partial charge in [-0.15, -0.1) is 0 Å². The SMILES string of the molecule is CCOc1cc(C(=O)O)nc(OCC)c1-n1cc(-c2ccc(F)cc2F)c2ncc(-c3c(C)noc3C)cc21. The van der Waals surface area contributed by atoms with E-state index in [0.717, 1.165) is 11.6 Å². The third kappa shape index (κ3) is 4.56. The van der Waals surface area contributed by atoms with E-state index >= 15 is 4.39 Å². The Morgan fingerprint density at radius 3 is 2.49 bits per heavy atom. The van der Waals surface area contributed by atoms with Crippen LogP contribution in [0.4, 0.5) is 8.78 Å². The number of aromatic nitrogens is 4. The van der Waals surface area contributed by atoms with Crippen LogP contribution in [0.1, 0.15) is 35.8 Å². The molecule has 0 unspecified atom stereocenters. The Hall–Kier alpha value is -4.80. The minimum Gasteiger partial charge on any atom is -0.491 e. The quantitative estimate of drug-likeness (QED) is 0.253. The standard InChI is InChI=1S/C28H24F2N4O5/c1-5-37-23-11-21(28(35)36)32-27(38-6-2)26(23)34-13-19(18-8-7-17(29)10-20(18)30)25-22(34)9-16(12-31-25)24-14(3)33-39-15(24)4/h7-13H,5-6H2,1-4H3,(H,35,36). The Bertz CT molecular complexity index is 1680. The Kier molecular flexibility index (Phi) is 6.73. The van der Waals surface area contributed by atoms with E-state index in [-0.39, 0.29) is 36.1 Å². The van der Waals surface area contributed by atoms with Gasteiger partial charge in [-0.05, 0) is 45.9 Å². The Morgan fingerprint density at radius 1 is 1.08 bits per heavy atom. The summed E-state index contributed by atoms with van der Waals surface area (Å²) in [6.45, 7) is 7.51. The molecule has 0 fully saturated rings. The van der Waals surface area contributed by atoms with Crippen molar-refractivity contribution in [3.05, 3.63) is 71.5 Å². The fraction of sp³-hybridized carbons (Fsp3) is 0.214. The largest absolute Gasteiger partial charge is 0.491 e. The number of nitrogens with zero attached hydrogens (tertiary/aromatic N) is 4. The number of carbonyl (C=O) groups is 1. The van der Waals surface area contributed by atoms with E-state index < -0.39 is 17.6 Å². The lowest BCUT2D eigenvalue weighted by Crippen LogP contribution is -2.10. The highest BCUT2D eigenvalue weighted by Gasteiger charge is 2.25. The lowest BCUT2D eigenvalue weighted by atomic mass is 10.0. The molecule has 9 nitrogen and oxygen atoms in total. The molecule has 0 atom stereocenters. The minimum atomic E-state index is -1.25. The molecular formula is C28H24F2N4O5. The van der Waals surface area contributed by atoms with Gasteiger partial charge in [0.25, 0.3) is 0 Å². The van der Waals surface area contributed by atoms with Gasteiger partial charge in [0.1, 0.15) is 17.4 Å². The van der Waals surface area contributed by atoms with E-state index in [1.807, 2.05) is 13.0 Å². The van der Waals surface area contributed by atoms with Crippen LogP contribution in [0.5, 0.6) is 11.6 Å². The van der Waals surface area contributed by atoms with Crippen LogP contribution in [0.2, 0.25) is 0 Å². The van der Waals surface area contributed by atoms with Crippen LogP contribution in [0.25, 0.3) is 39.0 Å². The van der Waals surface area contributed by atoms with Gasteiger partial charge in [0.05, 0.1) is 29.9 Å². The summed E-state index contributed by atoms with van der Waals surface area (Å²) in [6.07, 6.45) is 3.25. The van der Waals surface area contributed by atoms with Gasteiger partial charge < -0.3 is 23.7 Å². The Balaban J connectivity index is 1.88. The summed E-state index contributed by atoms with van der Waals surface area (Å²) < 4.78 is 47.4. The van der Waals surface area contributed by atoms with Crippen molar-refractivity contribution < 1.29 is 32.7 Å². The zero-order valence-electron chi connectivity index (χ0n) is 21.6. The molecule has 0 aliphatic carbocycles. The first-order valence-corrected chi connectivity index (χ1v) is 12.2. The highest BCUT2D eigenvalue weighted by molar-refractivity contribution is 5.97. The van der Waals surface area contributed by atoms with Gasteiger partial charge in [-0.25, -0.2) is 18.6 Å². The summed E-state index contributed by atoms with van der Waals surface area (Å²) in [5.74, 6) is -1.93. The Labute approximate surface area is 221 Å². The number of rotatable bonds is 8. The van der Waals surface area contributed by atoms with Crippen molar-refractivity contribution in [3.8, 4) is 39.6 Å². The fourth-order valence-electron chi connectivity index (χ4n) is 4.55. The first-order valence-electron chi connectivity index (χ1n) is 12.2. The van der Waals surface area contributed by atoms with Crippen molar-refractivity contribution in [1.82, 2.24) is 19.7 Å². The summed E-state index contributed by atoms with van der Waals surface area (Å²) >= 11 is 0. The van der Waals surface area contributed by atoms with E-state index in [1.54, 1.807) is 37.7 Å². The molecule has 0 saturated carbocycles. The summed E-state index contributed by atoms with van der Waals surface area (Å²) in [5.41, 5.74) is 3.57. The predicted octanol–water partition coefficient (Wildman–Crippen LogP) is 6.13. The molecule has 0 aliphatic rings. The maximum Gasteiger partial charge on any atom is 0.354 e. The van der Waals surface area contributed by atoms with Crippen LogP contribution in [-0.4, -0.2) is 44.0 Å². The highest BCUT2D eigenvalue weighted by atomic mass is 19.1. The molecule has 1 N–H and O–H groups in total. The second-order valence-electron chi connectivity index (χ2n) is 8.66. The molecule has 0 aliphatic heterocycles. The van der Waals surface area contributed by atoms with Crippen molar-refractivity contribution in [1.29, 1.82) is 0 Å². The van der Waals surface area contributed by atoms with Crippen molar-refractivity contribution >= 4 is 17.0 Å². The normalized spacial score (nSPS) is 11.2. The smallest absolute Gasteiger partial charge is 0.354 e. The average molecular weight is 535 g/mol. The number of benzene rings is 1. The molecule has 0 saturated heterocycles. The maximum absolute atomic E-state index is 15.0. The third-order valence-corrected chi connectivity index (χ3v) is 6.15. The van der Waals surface area contributed by atoms with E-state index in [2.05, 4.69) is 15.1 Å². The summed E-state index contributed by atoms with van der Waals surface area (Å²) in [5, 5.41) is 13.7. The van der Waals surface area contributed by atoms with E-state index in [9.17, 15) is 14.3 Å². The number of fused-ring (bicyclic) bond motifs is 1. The summed E-state index contributed by atoms with van der Waals surface area (Å²) in [4.78, 5) is 20.7. The first-order chi connectivity index (χ1) is 18.7. The summed E-state index contributed by atoms with van der Waals surface area (Å²) in [6, 6.07) is 6.44. The number of pyridine rings is 2. The van der Waals surface area contributed by atoms with Crippen LogP contribution in [-0.2, 0) is 0 Å². The lowest BCUT2D eigenvalue weighted by molar-refractivity contribution is 0.0688. The van der Waals surface area contributed by atoms with Gasteiger partial charge in [-0.1, -0.05) is 5.16 Å². The van der Waals surface area contributed by atoms with Crippen LogP contribution >= 0.6 is 0 Å². The number of hydrogen-bond acceptors (Lipinski definition) is 7. The molecule has 39 heavy (non-hydrogen) atoms. The molecule has 0 bridgehead atoms. The lowest BCUT2D eigenvalue weighted by Gasteiger charge is -2.17. The monoisotopic (exact) mass is 534 g/mol. The average Bonchev–Trinajstić information content (AvgIpc) is 3.43. The third-order valence-electron chi connectivity index (χ3n) is 6.15. The zero-order valence-corrected chi connectivity index (χ0v) is 21.6. The molecule has 4 aromatic heterocycles. The topological polar surface area (TPSA) is 113 Å². The number of hydrogen-bond donors (Lipinski definition) is 1. The first kappa shape index (κ1) is 25.8. The molecule has 5 rings (SSSR count). The number of aryl methyl sites for hydroxylation is 2. The van der Waals surface area contributed by atoms with Crippen molar-refractivity contribution in [2.75, 3.05) is 13.2 Å². The number of halogens is 2. The number of aromatic carboxylic acids is 1. The van der Waals surface area contributed by atoms with Gasteiger partial charge in [0.2, 0.25) is 5.88 Å². The molecule has 11 heteroatoms. The van der Waals surface area contributed by atoms with E-state index in [1.165, 1.54) is 18.2 Å². The number of ether oxygens (including phenoxy) is 2. The molecule has 0 radical (unpaired) electrons. The van der Waals surface area contributed by atoms with Crippen molar-refractivity contribution in [3.63, 3.8) is 0 Å². The highest BCUT2D eigenvalue weighted by Crippen LogP contribution is 2.41. The number of carboxylic acids is 1. The Morgan fingerprint density at radius 2 is 1.85 bits per heavy atom. The minimum absolute atomic E-state index is 0.00613. The van der Waals surface area contributed by atoms with Gasteiger partial charge in [0, 0.05) is 46.8 Å². The second-order valence-corrected chi connectivity index (χ2v) is 8.66. The summed E-state index contributed by atoms with van der Waals surface area (Å²) in [7, 11) is 0. The molecule has 1 aromatic carbocycles. The molecule has 5 aromatic rings. The van der Waals surface area contributed by atoms with Crippen LogP contribution < -0.4 is 9.47 Å². The maximum atomic E-state index is 15.0. The van der Waals surface area contributed by atoms with Crippen molar-refractivity contribution in [2.45, 2.75) is 27.7 Å². The van der Waals surface area contributed by atoms with E-state index in [4.69, 9.17) is 14.0 Å². The van der Waals surface area contributed by atoms with Gasteiger partial charge in [0.15, 0.2) is 17.1 Å². The molecule has 4 heterocycles. The van der Waals surface area contributed by atoms with Gasteiger partial charge in [-0.3, -0.25) is 4.98 Å². The zero-order chi connectivity index (χ0) is 27.8.